The zero-order chi connectivity index (χ0) is 16.4. The van der Waals surface area contributed by atoms with Crippen molar-refractivity contribution < 1.29 is 14.6 Å². The Bertz CT molecular complexity index is 659. The van der Waals surface area contributed by atoms with Crippen LogP contribution >= 0.6 is 0 Å². The number of nitrogens with one attached hydrogen (secondary N) is 1. The maximum absolute atomic E-state index is 11.1. The van der Waals surface area contributed by atoms with E-state index in [4.69, 9.17) is 9.47 Å². The van der Waals surface area contributed by atoms with Crippen molar-refractivity contribution in [2.45, 2.75) is 37.1 Å². The third kappa shape index (κ3) is 3.31. The molecule has 2 aliphatic rings. The minimum absolute atomic E-state index is 0.233. The first-order valence-electron chi connectivity index (χ1n) is 8.55. The summed E-state index contributed by atoms with van der Waals surface area (Å²) in [6.45, 7) is 1.91. The molecule has 2 unspecified atom stereocenters. The Morgan fingerprint density at radius 1 is 1.00 bits per heavy atom. The Hall–Kier alpha value is -1.88. The maximum atomic E-state index is 11.1. The summed E-state index contributed by atoms with van der Waals surface area (Å²) in [5.74, 6) is 0.823. The van der Waals surface area contributed by atoms with Gasteiger partial charge in [0.2, 0.25) is 0 Å². The SMILES string of the molecule is OC1(c2ccc(OCc3ccccc3)cc2)CC2COCC(C1)N2. The Labute approximate surface area is 142 Å². The number of benzene rings is 2. The van der Waals surface area contributed by atoms with Gasteiger partial charge in [-0.05, 0) is 36.1 Å². The first-order chi connectivity index (χ1) is 11.7. The average Bonchev–Trinajstić information content (AvgIpc) is 2.61. The molecule has 2 aliphatic heterocycles. The summed E-state index contributed by atoms with van der Waals surface area (Å²) in [7, 11) is 0. The van der Waals surface area contributed by atoms with E-state index in [0.29, 0.717) is 32.7 Å². The molecule has 2 bridgehead atoms. The van der Waals surface area contributed by atoms with Crippen LogP contribution in [0.2, 0.25) is 0 Å². The highest BCUT2D eigenvalue weighted by atomic mass is 16.5. The van der Waals surface area contributed by atoms with E-state index in [2.05, 4.69) is 5.32 Å². The molecule has 4 heteroatoms. The van der Waals surface area contributed by atoms with Crippen LogP contribution in [0, 0.1) is 0 Å². The number of morpholine rings is 1. The van der Waals surface area contributed by atoms with Crippen LogP contribution in [0.1, 0.15) is 24.0 Å². The smallest absolute Gasteiger partial charge is 0.119 e. The van der Waals surface area contributed by atoms with Crippen LogP contribution in [0.15, 0.2) is 54.6 Å². The minimum atomic E-state index is -0.775. The van der Waals surface area contributed by atoms with Crippen molar-refractivity contribution in [3.05, 3.63) is 65.7 Å². The summed E-state index contributed by atoms with van der Waals surface area (Å²) in [4.78, 5) is 0. The van der Waals surface area contributed by atoms with E-state index in [1.54, 1.807) is 0 Å². The number of hydrogen-bond donors (Lipinski definition) is 2. The predicted octanol–water partition coefficient (Wildman–Crippen LogP) is 2.60. The Balaban J connectivity index is 1.43. The van der Waals surface area contributed by atoms with Crippen molar-refractivity contribution >= 4 is 0 Å². The Morgan fingerprint density at radius 2 is 1.67 bits per heavy atom. The molecule has 2 aromatic rings. The molecule has 2 atom stereocenters. The molecule has 126 valence electrons. The molecule has 2 heterocycles. The number of fused-ring (bicyclic) bond motifs is 2. The van der Waals surface area contributed by atoms with E-state index in [1.165, 1.54) is 0 Å². The second-order valence-electron chi connectivity index (χ2n) is 6.84. The molecule has 0 saturated carbocycles. The monoisotopic (exact) mass is 325 g/mol. The van der Waals surface area contributed by atoms with Crippen molar-refractivity contribution in [2.24, 2.45) is 0 Å². The lowest BCUT2D eigenvalue weighted by Gasteiger charge is -2.45. The second-order valence-corrected chi connectivity index (χ2v) is 6.84. The first kappa shape index (κ1) is 15.6. The molecule has 4 rings (SSSR count). The number of ether oxygens (including phenoxy) is 2. The van der Waals surface area contributed by atoms with Crippen LogP contribution in [0.5, 0.6) is 5.75 Å². The number of aliphatic hydroxyl groups is 1. The third-order valence-corrected chi connectivity index (χ3v) is 4.92. The molecule has 0 aliphatic carbocycles. The second kappa shape index (κ2) is 6.55. The van der Waals surface area contributed by atoms with Gasteiger partial charge in [0.15, 0.2) is 0 Å². The summed E-state index contributed by atoms with van der Waals surface area (Å²) in [5, 5.41) is 14.6. The fourth-order valence-corrected chi connectivity index (χ4v) is 3.75. The normalized spacial score (nSPS) is 29.2. The molecule has 2 N–H and O–H groups in total. The number of hydrogen-bond acceptors (Lipinski definition) is 4. The van der Waals surface area contributed by atoms with Gasteiger partial charge in [-0.1, -0.05) is 42.5 Å². The van der Waals surface area contributed by atoms with Gasteiger partial charge in [0.25, 0.3) is 0 Å². The van der Waals surface area contributed by atoms with Crippen LogP contribution in [0.25, 0.3) is 0 Å². The molecule has 2 fully saturated rings. The predicted molar refractivity (Wildman–Crippen MR) is 91.9 cm³/mol. The molecule has 4 nitrogen and oxygen atoms in total. The molecule has 2 saturated heterocycles. The van der Waals surface area contributed by atoms with Gasteiger partial charge in [-0.25, -0.2) is 0 Å². The molecule has 0 spiro atoms. The standard InChI is InChI=1S/C20H23NO3/c22-20(10-17-13-23-14-18(11-20)21-17)16-6-8-19(9-7-16)24-12-15-4-2-1-3-5-15/h1-9,17-18,21-22H,10-14H2. The van der Waals surface area contributed by atoms with Gasteiger partial charge in [-0.15, -0.1) is 0 Å². The van der Waals surface area contributed by atoms with Crippen molar-refractivity contribution in [2.75, 3.05) is 13.2 Å². The van der Waals surface area contributed by atoms with Gasteiger partial charge < -0.3 is 19.9 Å². The van der Waals surface area contributed by atoms with Crippen LogP contribution in [0.3, 0.4) is 0 Å². The molecule has 0 radical (unpaired) electrons. The van der Waals surface area contributed by atoms with E-state index in [1.807, 2.05) is 54.6 Å². The number of piperidine rings is 1. The highest BCUT2D eigenvalue weighted by molar-refractivity contribution is 5.32. The quantitative estimate of drug-likeness (QED) is 0.907. The van der Waals surface area contributed by atoms with E-state index in [-0.39, 0.29) is 12.1 Å². The lowest BCUT2D eigenvalue weighted by Crippen LogP contribution is -2.58. The number of rotatable bonds is 4. The largest absolute Gasteiger partial charge is 0.489 e. The molecular formula is C20H23NO3. The molecule has 0 amide bonds. The zero-order valence-corrected chi connectivity index (χ0v) is 13.7. The lowest BCUT2D eigenvalue weighted by atomic mass is 9.78. The first-order valence-corrected chi connectivity index (χ1v) is 8.55. The average molecular weight is 325 g/mol. The van der Waals surface area contributed by atoms with Crippen LogP contribution in [0.4, 0.5) is 0 Å². The molecule has 24 heavy (non-hydrogen) atoms. The van der Waals surface area contributed by atoms with Gasteiger partial charge >= 0.3 is 0 Å². The Morgan fingerprint density at radius 3 is 2.33 bits per heavy atom. The highest BCUT2D eigenvalue weighted by Crippen LogP contribution is 2.37. The Kier molecular flexibility index (Phi) is 4.27. The van der Waals surface area contributed by atoms with Gasteiger partial charge in [-0.3, -0.25) is 0 Å². The van der Waals surface area contributed by atoms with Crippen LogP contribution in [-0.4, -0.2) is 30.4 Å². The fourth-order valence-electron chi connectivity index (χ4n) is 3.75. The highest BCUT2D eigenvalue weighted by Gasteiger charge is 2.42. The molecular weight excluding hydrogens is 302 g/mol. The summed E-state index contributed by atoms with van der Waals surface area (Å²) in [6, 6.07) is 18.5. The molecule has 0 aromatic heterocycles. The van der Waals surface area contributed by atoms with E-state index in [9.17, 15) is 5.11 Å². The lowest BCUT2D eigenvalue weighted by molar-refractivity contribution is -0.0802. The summed E-state index contributed by atoms with van der Waals surface area (Å²) >= 11 is 0. The summed E-state index contributed by atoms with van der Waals surface area (Å²) in [6.07, 6.45) is 1.38. The summed E-state index contributed by atoms with van der Waals surface area (Å²) < 4.78 is 11.4. The molecule has 2 aromatic carbocycles. The van der Waals surface area contributed by atoms with Gasteiger partial charge in [0, 0.05) is 12.1 Å². The topological polar surface area (TPSA) is 50.7 Å². The van der Waals surface area contributed by atoms with Crippen molar-refractivity contribution in [3.8, 4) is 5.75 Å². The van der Waals surface area contributed by atoms with Gasteiger partial charge in [0.05, 0.1) is 18.8 Å². The minimum Gasteiger partial charge on any atom is -0.489 e. The van der Waals surface area contributed by atoms with Gasteiger partial charge in [0.1, 0.15) is 12.4 Å². The summed E-state index contributed by atoms with van der Waals surface area (Å²) in [5.41, 5.74) is 1.34. The van der Waals surface area contributed by atoms with Crippen LogP contribution in [-0.2, 0) is 16.9 Å². The van der Waals surface area contributed by atoms with Crippen LogP contribution < -0.4 is 10.1 Å². The van der Waals surface area contributed by atoms with E-state index < -0.39 is 5.60 Å². The van der Waals surface area contributed by atoms with E-state index >= 15 is 0 Å². The van der Waals surface area contributed by atoms with Crippen molar-refractivity contribution in [1.29, 1.82) is 0 Å². The van der Waals surface area contributed by atoms with E-state index in [0.717, 1.165) is 16.9 Å². The maximum Gasteiger partial charge on any atom is 0.119 e. The van der Waals surface area contributed by atoms with Crippen molar-refractivity contribution in [3.63, 3.8) is 0 Å². The zero-order valence-electron chi connectivity index (χ0n) is 13.7. The fraction of sp³-hybridized carbons (Fsp3) is 0.400. The van der Waals surface area contributed by atoms with Crippen molar-refractivity contribution in [1.82, 2.24) is 5.32 Å². The third-order valence-electron chi connectivity index (χ3n) is 4.92. The van der Waals surface area contributed by atoms with Gasteiger partial charge in [-0.2, -0.15) is 0 Å².